The SMILES string of the molecule is O=C(OCc1ccn(-c2ccccc2)n1)c1occc1COc1ccccc1. The number of nitrogens with zero attached hydrogens (tertiary/aromatic N) is 2. The maximum Gasteiger partial charge on any atom is 0.375 e. The van der Waals surface area contributed by atoms with E-state index in [1.54, 1.807) is 10.7 Å². The average Bonchev–Trinajstić information content (AvgIpc) is 3.41. The van der Waals surface area contributed by atoms with Gasteiger partial charge in [0.1, 0.15) is 24.7 Å². The van der Waals surface area contributed by atoms with E-state index < -0.39 is 5.97 Å². The number of furan rings is 1. The Morgan fingerprint density at radius 2 is 1.68 bits per heavy atom. The van der Waals surface area contributed by atoms with Crippen molar-refractivity contribution in [2.24, 2.45) is 0 Å². The minimum Gasteiger partial charge on any atom is -0.489 e. The summed E-state index contributed by atoms with van der Waals surface area (Å²) in [5.41, 5.74) is 2.21. The van der Waals surface area contributed by atoms with Gasteiger partial charge in [0, 0.05) is 11.8 Å². The minimum atomic E-state index is -0.550. The summed E-state index contributed by atoms with van der Waals surface area (Å²) in [7, 11) is 0. The van der Waals surface area contributed by atoms with Gasteiger partial charge in [0.05, 0.1) is 12.0 Å². The number of aromatic nitrogens is 2. The molecule has 28 heavy (non-hydrogen) atoms. The molecule has 0 fully saturated rings. The first-order chi connectivity index (χ1) is 13.8. The van der Waals surface area contributed by atoms with E-state index >= 15 is 0 Å². The molecule has 0 spiro atoms. The van der Waals surface area contributed by atoms with Crippen molar-refractivity contribution < 1.29 is 18.7 Å². The maximum absolute atomic E-state index is 12.4. The summed E-state index contributed by atoms with van der Waals surface area (Å²) in [5, 5.41) is 4.42. The van der Waals surface area contributed by atoms with E-state index in [2.05, 4.69) is 5.10 Å². The fraction of sp³-hybridized carbons (Fsp3) is 0.0909. The van der Waals surface area contributed by atoms with Crippen LogP contribution in [0.2, 0.25) is 0 Å². The number of hydrogen-bond acceptors (Lipinski definition) is 5. The monoisotopic (exact) mass is 374 g/mol. The molecule has 0 N–H and O–H groups in total. The van der Waals surface area contributed by atoms with Crippen molar-refractivity contribution in [3.63, 3.8) is 0 Å². The van der Waals surface area contributed by atoms with Gasteiger partial charge < -0.3 is 13.9 Å². The molecule has 6 nitrogen and oxygen atoms in total. The number of ether oxygens (including phenoxy) is 2. The van der Waals surface area contributed by atoms with Crippen LogP contribution in [0.1, 0.15) is 21.8 Å². The Morgan fingerprint density at radius 3 is 2.46 bits per heavy atom. The Balaban J connectivity index is 1.36. The highest BCUT2D eigenvalue weighted by atomic mass is 16.5. The van der Waals surface area contributed by atoms with Crippen molar-refractivity contribution in [1.82, 2.24) is 9.78 Å². The number of esters is 1. The molecule has 2 aromatic carbocycles. The molecule has 4 aromatic rings. The largest absolute Gasteiger partial charge is 0.489 e. The minimum absolute atomic E-state index is 0.0539. The second-order valence-corrected chi connectivity index (χ2v) is 6.04. The number of para-hydroxylation sites is 2. The van der Waals surface area contributed by atoms with Crippen LogP contribution < -0.4 is 4.74 Å². The molecule has 6 heteroatoms. The van der Waals surface area contributed by atoms with Crippen LogP contribution >= 0.6 is 0 Å². The Kier molecular flexibility index (Phi) is 5.20. The van der Waals surface area contributed by atoms with Crippen molar-refractivity contribution in [1.29, 1.82) is 0 Å². The fourth-order valence-electron chi connectivity index (χ4n) is 2.67. The lowest BCUT2D eigenvalue weighted by Gasteiger charge is -2.06. The second-order valence-electron chi connectivity index (χ2n) is 6.04. The third-order valence-electron chi connectivity index (χ3n) is 4.09. The van der Waals surface area contributed by atoms with Crippen LogP contribution in [0.4, 0.5) is 0 Å². The zero-order valence-electron chi connectivity index (χ0n) is 15.0. The van der Waals surface area contributed by atoms with Crippen molar-refractivity contribution in [3.8, 4) is 11.4 Å². The number of carbonyl (C=O) groups excluding carboxylic acids is 1. The summed E-state index contributed by atoms with van der Waals surface area (Å²) in [6.45, 7) is 0.270. The van der Waals surface area contributed by atoms with Gasteiger partial charge in [-0.25, -0.2) is 9.48 Å². The van der Waals surface area contributed by atoms with Gasteiger partial charge >= 0.3 is 5.97 Å². The first-order valence-electron chi connectivity index (χ1n) is 8.81. The number of benzene rings is 2. The summed E-state index contributed by atoms with van der Waals surface area (Å²) in [6.07, 6.45) is 3.27. The van der Waals surface area contributed by atoms with Crippen molar-refractivity contribution in [3.05, 3.63) is 102 Å². The number of rotatable bonds is 7. The molecule has 0 radical (unpaired) electrons. The van der Waals surface area contributed by atoms with E-state index in [0.717, 1.165) is 11.4 Å². The highest BCUT2D eigenvalue weighted by molar-refractivity contribution is 5.87. The third kappa shape index (κ3) is 4.12. The van der Waals surface area contributed by atoms with Gasteiger partial charge in [0.25, 0.3) is 0 Å². The molecule has 0 aliphatic carbocycles. The molecule has 0 amide bonds. The molecule has 0 aliphatic rings. The smallest absolute Gasteiger partial charge is 0.375 e. The highest BCUT2D eigenvalue weighted by Crippen LogP contribution is 2.17. The van der Waals surface area contributed by atoms with Crippen LogP contribution in [-0.2, 0) is 18.0 Å². The lowest BCUT2D eigenvalue weighted by atomic mass is 10.2. The van der Waals surface area contributed by atoms with E-state index in [-0.39, 0.29) is 19.0 Å². The second kappa shape index (κ2) is 8.26. The zero-order chi connectivity index (χ0) is 19.2. The van der Waals surface area contributed by atoms with Crippen LogP contribution in [0.3, 0.4) is 0 Å². The lowest BCUT2D eigenvalue weighted by molar-refractivity contribution is 0.0427. The van der Waals surface area contributed by atoms with E-state index in [9.17, 15) is 4.79 Å². The molecule has 2 heterocycles. The van der Waals surface area contributed by atoms with Gasteiger partial charge in [-0.1, -0.05) is 36.4 Å². The van der Waals surface area contributed by atoms with Gasteiger partial charge in [-0.15, -0.1) is 0 Å². The quantitative estimate of drug-likeness (QED) is 0.449. The summed E-state index contributed by atoms with van der Waals surface area (Å²) < 4.78 is 18.1. The first-order valence-corrected chi connectivity index (χ1v) is 8.81. The molecular weight excluding hydrogens is 356 g/mol. The Labute approximate surface area is 161 Å². The van der Waals surface area contributed by atoms with Gasteiger partial charge in [-0.3, -0.25) is 0 Å². The Morgan fingerprint density at radius 1 is 0.929 bits per heavy atom. The van der Waals surface area contributed by atoms with Gasteiger partial charge in [-0.05, 0) is 36.4 Å². The summed E-state index contributed by atoms with van der Waals surface area (Å²) in [6, 6.07) is 22.6. The van der Waals surface area contributed by atoms with Crippen molar-refractivity contribution in [2.45, 2.75) is 13.2 Å². The number of hydrogen-bond donors (Lipinski definition) is 0. The van der Waals surface area contributed by atoms with Crippen LogP contribution in [-0.4, -0.2) is 15.7 Å². The average molecular weight is 374 g/mol. The van der Waals surface area contributed by atoms with Crippen LogP contribution in [0.25, 0.3) is 5.69 Å². The van der Waals surface area contributed by atoms with Gasteiger partial charge in [0.2, 0.25) is 5.76 Å². The van der Waals surface area contributed by atoms with Crippen molar-refractivity contribution >= 4 is 5.97 Å². The molecule has 0 saturated heterocycles. The van der Waals surface area contributed by atoms with Gasteiger partial charge in [-0.2, -0.15) is 5.10 Å². The molecule has 0 bridgehead atoms. The molecule has 2 aromatic heterocycles. The van der Waals surface area contributed by atoms with E-state index in [4.69, 9.17) is 13.9 Å². The Bertz CT molecular complexity index is 1040. The molecule has 0 aliphatic heterocycles. The van der Waals surface area contributed by atoms with Crippen LogP contribution in [0.15, 0.2) is 89.7 Å². The normalized spacial score (nSPS) is 10.6. The highest BCUT2D eigenvalue weighted by Gasteiger charge is 2.18. The van der Waals surface area contributed by atoms with Gasteiger partial charge in [0.15, 0.2) is 0 Å². The Hall–Kier alpha value is -3.80. The predicted octanol–water partition coefficient (Wildman–Crippen LogP) is 4.40. The molecule has 0 unspecified atom stereocenters. The topological polar surface area (TPSA) is 66.5 Å². The lowest BCUT2D eigenvalue weighted by Crippen LogP contribution is -2.08. The summed E-state index contributed by atoms with van der Waals surface area (Å²) in [4.78, 5) is 12.4. The molecular formula is C22H18N2O4. The van der Waals surface area contributed by atoms with Crippen LogP contribution in [0, 0.1) is 0 Å². The maximum atomic E-state index is 12.4. The molecule has 0 atom stereocenters. The molecule has 4 rings (SSSR count). The summed E-state index contributed by atoms with van der Waals surface area (Å²) >= 11 is 0. The first kappa shape index (κ1) is 17.6. The molecule has 140 valence electrons. The van der Waals surface area contributed by atoms with Crippen molar-refractivity contribution in [2.75, 3.05) is 0 Å². The van der Waals surface area contributed by atoms with E-state index in [1.165, 1.54) is 6.26 Å². The molecule has 0 saturated carbocycles. The van der Waals surface area contributed by atoms with E-state index in [1.807, 2.05) is 72.9 Å². The number of carbonyl (C=O) groups is 1. The van der Waals surface area contributed by atoms with Crippen LogP contribution in [0.5, 0.6) is 5.75 Å². The van der Waals surface area contributed by atoms with E-state index in [0.29, 0.717) is 11.3 Å². The standard InChI is InChI=1S/C22H18N2O4/c25-22(21-17(12-14-26-21)15-27-20-9-5-2-6-10-20)28-16-18-11-13-24(23-18)19-7-3-1-4-8-19/h1-14H,15-16H2. The zero-order valence-corrected chi connectivity index (χ0v) is 15.0. The summed E-state index contributed by atoms with van der Waals surface area (Å²) in [5.74, 6) is 0.304. The fourth-order valence-corrected chi connectivity index (χ4v) is 2.67. The predicted molar refractivity (Wildman–Crippen MR) is 102 cm³/mol. The third-order valence-corrected chi connectivity index (χ3v) is 4.09.